The molecule has 0 bridgehead atoms. The van der Waals surface area contributed by atoms with Crippen molar-refractivity contribution in [2.45, 2.75) is 43.9 Å². The van der Waals surface area contributed by atoms with E-state index in [0.717, 1.165) is 23.4 Å². The lowest BCUT2D eigenvalue weighted by atomic mass is 10.1. The zero-order valence-electron chi connectivity index (χ0n) is 20.0. The van der Waals surface area contributed by atoms with Crippen molar-refractivity contribution in [3.8, 4) is 0 Å². The first kappa shape index (κ1) is 24.8. The number of carboxylic acids is 1. The molecular weight excluding hydrogens is 496 g/mol. The molecule has 0 radical (unpaired) electrons. The molecule has 10 nitrogen and oxygen atoms in total. The maximum atomic E-state index is 13.0. The Labute approximate surface area is 217 Å². The third kappa shape index (κ3) is 6.29. The first-order valence-corrected chi connectivity index (χ1v) is 13.1. The maximum absolute atomic E-state index is 13.0. The molecule has 3 unspecified atom stereocenters. The van der Waals surface area contributed by atoms with E-state index in [1.807, 2.05) is 36.4 Å². The van der Waals surface area contributed by atoms with Gasteiger partial charge < -0.3 is 25.2 Å². The topological polar surface area (TPSA) is 138 Å². The van der Waals surface area contributed by atoms with E-state index < -0.39 is 24.2 Å². The lowest BCUT2D eigenvalue weighted by molar-refractivity contribution is -0.137. The summed E-state index contributed by atoms with van der Waals surface area (Å²) in [7, 11) is 0. The Balaban J connectivity index is 1.16. The van der Waals surface area contributed by atoms with Crippen LogP contribution in [0.15, 0.2) is 59.5 Å². The van der Waals surface area contributed by atoms with Crippen molar-refractivity contribution >= 4 is 35.1 Å². The number of aliphatic carboxylic acids is 1. The van der Waals surface area contributed by atoms with Gasteiger partial charge in [0.2, 0.25) is 12.2 Å². The third-order valence-electron chi connectivity index (χ3n) is 6.36. The Bertz CT molecular complexity index is 1230. The minimum absolute atomic E-state index is 0.0542. The molecule has 3 heterocycles. The number of carboxylic acid groups (broad SMARTS) is 1. The van der Waals surface area contributed by atoms with Gasteiger partial charge in [0.1, 0.15) is 12.3 Å². The number of nitrogens with zero attached hydrogens (tertiary/aromatic N) is 1. The number of benzene rings is 1. The van der Waals surface area contributed by atoms with E-state index in [4.69, 9.17) is 9.47 Å². The molecule has 3 aliphatic rings. The highest BCUT2D eigenvalue weighted by molar-refractivity contribution is 7.14. The summed E-state index contributed by atoms with van der Waals surface area (Å²) in [5, 5.41) is 18.1. The second kappa shape index (κ2) is 11.0. The van der Waals surface area contributed by atoms with Gasteiger partial charge in [0.05, 0.1) is 11.3 Å². The van der Waals surface area contributed by atoms with E-state index >= 15 is 0 Å². The molecule has 4 atom stereocenters. The van der Waals surface area contributed by atoms with Gasteiger partial charge in [-0.15, -0.1) is 11.3 Å². The largest absolute Gasteiger partial charge is 0.481 e. The highest BCUT2D eigenvalue weighted by Crippen LogP contribution is 2.49. The molecule has 5 rings (SSSR count). The Morgan fingerprint density at radius 1 is 1.19 bits per heavy atom. The van der Waals surface area contributed by atoms with Crippen molar-refractivity contribution in [3.63, 3.8) is 0 Å². The van der Waals surface area contributed by atoms with Crippen LogP contribution >= 0.6 is 11.3 Å². The summed E-state index contributed by atoms with van der Waals surface area (Å²) in [6, 6.07) is 12.3. The smallest absolute Gasteiger partial charge is 0.305 e. The number of guanidine groups is 1. The van der Waals surface area contributed by atoms with E-state index in [-0.39, 0.29) is 29.9 Å². The fourth-order valence-corrected chi connectivity index (χ4v) is 5.43. The molecule has 2 amide bonds. The van der Waals surface area contributed by atoms with E-state index in [1.54, 1.807) is 6.07 Å². The summed E-state index contributed by atoms with van der Waals surface area (Å²) < 4.78 is 11.4. The number of nitrogens with one attached hydrogen (secondary N) is 3. The van der Waals surface area contributed by atoms with Crippen LogP contribution in [0, 0.1) is 5.92 Å². The number of hydrogen-bond acceptors (Lipinski definition) is 8. The number of amides is 2. The van der Waals surface area contributed by atoms with Crippen LogP contribution in [-0.2, 0) is 25.5 Å². The molecule has 1 aromatic heterocycles. The Hall–Kier alpha value is -3.86. The summed E-state index contributed by atoms with van der Waals surface area (Å²) in [6.45, 7) is 1.49. The summed E-state index contributed by atoms with van der Waals surface area (Å²) in [4.78, 5) is 42.7. The molecule has 37 heavy (non-hydrogen) atoms. The molecular formula is C26H28N4O6S. The predicted molar refractivity (Wildman–Crippen MR) is 136 cm³/mol. The van der Waals surface area contributed by atoms with Gasteiger partial charge >= 0.3 is 5.97 Å². The van der Waals surface area contributed by atoms with Crippen molar-refractivity contribution in [2.75, 3.05) is 13.1 Å². The molecule has 1 saturated carbocycles. The van der Waals surface area contributed by atoms with Gasteiger partial charge in [0.25, 0.3) is 5.91 Å². The van der Waals surface area contributed by atoms with Crippen LogP contribution in [0.2, 0.25) is 0 Å². The molecule has 4 N–H and O–H groups in total. The van der Waals surface area contributed by atoms with Crippen molar-refractivity contribution in [1.29, 1.82) is 0 Å². The first-order chi connectivity index (χ1) is 18.0. The second-order valence-corrected chi connectivity index (χ2v) is 10.3. The van der Waals surface area contributed by atoms with Crippen molar-refractivity contribution in [2.24, 2.45) is 10.9 Å². The monoisotopic (exact) mass is 524 g/mol. The van der Waals surface area contributed by atoms with Gasteiger partial charge in [-0.2, -0.15) is 0 Å². The zero-order valence-corrected chi connectivity index (χ0v) is 20.8. The van der Waals surface area contributed by atoms with Crippen molar-refractivity contribution in [1.82, 2.24) is 16.0 Å². The van der Waals surface area contributed by atoms with Gasteiger partial charge in [0.15, 0.2) is 11.7 Å². The fraction of sp³-hybridized carbons (Fsp3) is 0.385. The first-order valence-electron chi connectivity index (χ1n) is 12.2. The standard InChI is InChI=1S/C26H28N4O6S/c31-22(32)13-18(19-14-35-23(36-19)11-15-5-2-1-3-6-15)29-25(34)21-8-7-20(37-21)16-12-17(16)24(33)30-26-27-9-4-10-28-26/h1-3,5-8,14,16-18,23H,4,9-13H2,(H,29,34)(H,31,32)(H2,27,28,30,33)/t16?,17?,18-,23?/m0/s1. The van der Waals surface area contributed by atoms with Crippen LogP contribution in [-0.4, -0.2) is 54.3 Å². The van der Waals surface area contributed by atoms with Gasteiger partial charge in [-0.25, -0.2) is 0 Å². The summed E-state index contributed by atoms with van der Waals surface area (Å²) >= 11 is 1.31. The highest BCUT2D eigenvalue weighted by Gasteiger charge is 2.45. The van der Waals surface area contributed by atoms with E-state index in [1.165, 1.54) is 17.6 Å². The Kier molecular flexibility index (Phi) is 7.40. The number of rotatable bonds is 9. The van der Waals surface area contributed by atoms with Gasteiger partial charge in [-0.3, -0.25) is 24.7 Å². The molecule has 0 saturated heterocycles. The van der Waals surface area contributed by atoms with Gasteiger partial charge in [0, 0.05) is 36.2 Å². The Morgan fingerprint density at radius 3 is 2.78 bits per heavy atom. The molecule has 0 spiro atoms. The quantitative estimate of drug-likeness (QED) is 0.395. The molecule has 1 fully saturated rings. The van der Waals surface area contributed by atoms with Crippen LogP contribution in [0.25, 0.3) is 0 Å². The molecule has 11 heteroatoms. The third-order valence-corrected chi connectivity index (χ3v) is 7.57. The van der Waals surface area contributed by atoms with E-state index in [2.05, 4.69) is 20.9 Å². The van der Waals surface area contributed by atoms with E-state index in [9.17, 15) is 19.5 Å². The van der Waals surface area contributed by atoms with E-state index in [0.29, 0.717) is 30.2 Å². The van der Waals surface area contributed by atoms with Gasteiger partial charge in [-0.05, 0) is 30.5 Å². The lowest BCUT2D eigenvalue weighted by Crippen LogP contribution is -2.44. The lowest BCUT2D eigenvalue weighted by Gasteiger charge is -2.18. The highest BCUT2D eigenvalue weighted by atomic mass is 32.1. The van der Waals surface area contributed by atoms with Crippen LogP contribution in [0.3, 0.4) is 0 Å². The number of ether oxygens (including phenoxy) is 2. The van der Waals surface area contributed by atoms with Crippen molar-refractivity contribution < 1.29 is 29.0 Å². The number of aliphatic imine (C=N–C) groups is 1. The SMILES string of the molecule is O=C(O)C[C@H](NC(=O)c1ccc(C2CC2C(=O)NC2=NCCCN2)s1)C1=COC(Cc2ccccc2)O1. The number of thiophene rings is 1. The maximum Gasteiger partial charge on any atom is 0.305 e. The van der Waals surface area contributed by atoms with Crippen LogP contribution in [0.1, 0.15) is 45.3 Å². The fourth-order valence-electron chi connectivity index (χ4n) is 4.34. The molecule has 1 aromatic carbocycles. The summed E-state index contributed by atoms with van der Waals surface area (Å²) in [5.74, 6) is -0.856. The van der Waals surface area contributed by atoms with Gasteiger partial charge in [-0.1, -0.05) is 30.3 Å². The molecule has 1 aliphatic carbocycles. The van der Waals surface area contributed by atoms with Crippen LogP contribution in [0.5, 0.6) is 0 Å². The minimum atomic E-state index is -1.07. The number of hydrogen-bond donors (Lipinski definition) is 4. The van der Waals surface area contributed by atoms with Crippen LogP contribution < -0.4 is 16.0 Å². The van der Waals surface area contributed by atoms with Crippen molar-refractivity contribution in [3.05, 3.63) is 69.8 Å². The average molecular weight is 525 g/mol. The normalized spacial score (nSPS) is 22.9. The predicted octanol–water partition coefficient (Wildman–Crippen LogP) is 2.35. The number of carbonyl (C=O) groups excluding carboxylic acids is 2. The van der Waals surface area contributed by atoms with Crippen LogP contribution in [0.4, 0.5) is 0 Å². The minimum Gasteiger partial charge on any atom is -0.481 e. The summed E-state index contributed by atoms with van der Waals surface area (Å²) in [5.41, 5.74) is 1.02. The molecule has 194 valence electrons. The molecule has 2 aromatic rings. The second-order valence-electron chi connectivity index (χ2n) is 9.17. The average Bonchev–Trinajstić information content (AvgIpc) is 3.30. The zero-order chi connectivity index (χ0) is 25.8. The molecule has 2 aliphatic heterocycles. The number of carbonyl (C=O) groups is 3. The Morgan fingerprint density at radius 2 is 2.03 bits per heavy atom. The summed E-state index contributed by atoms with van der Waals surface area (Å²) in [6.07, 6.45) is 2.58.